The molecule has 152 valence electrons. The molecule has 0 saturated heterocycles. The summed E-state index contributed by atoms with van der Waals surface area (Å²) in [7, 11) is 0. The molecule has 0 aliphatic heterocycles. The molecule has 0 atom stereocenters. The molecule has 0 spiro atoms. The maximum Gasteiger partial charge on any atom is 0.338 e. The van der Waals surface area contributed by atoms with Gasteiger partial charge in [-0.15, -0.1) is 11.8 Å². The SMILES string of the molecule is C=C(C)C(=O)OCCOc1ccc(-c2ccc(OC(=O)C(=C)C)cc2)c(SC)c1. The van der Waals surface area contributed by atoms with E-state index in [1.165, 1.54) is 0 Å². The fourth-order valence-corrected chi connectivity index (χ4v) is 2.95. The highest BCUT2D eigenvalue weighted by Crippen LogP contribution is 2.34. The standard InChI is InChI=1S/C23H24O5S/c1-15(2)22(24)27-13-12-26-19-10-11-20(21(14-19)29-5)17-6-8-18(9-7-17)28-23(25)16(3)4/h6-11,14H,1,3,12-13H2,2,4-5H3. The van der Waals surface area contributed by atoms with Gasteiger partial charge in [0.2, 0.25) is 0 Å². The summed E-state index contributed by atoms with van der Waals surface area (Å²) in [6, 6.07) is 13.1. The van der Waals surface area contributed by atoms with Crippen LogP contribution in [0.15, 0.2) is 71.7 Å². The third kappa shape index (κ3) is 6.54. The lowest BCUT2D eigenvalue weighted by Crippen LogP contribution is -2.12. The van der Waals surface area contributed by atoms with Gasteiger partial charge in [-0.25, -0.2) is 9.59 Å². The highest BCUT2D eigenvalue weighted by atomic mass is 32.2. The zero-order valence-corrected chi connectivity index (χ0v) is 17.6. The van der Waals surface area contributed by atoms with E-state index in [1.807, 2.05) is 36.6 Å². The average molecular weight is 413 g/mol. The number of hydrogen-bond donors (Lipinski definition) is 0. The van der Waals surface area contributed by atoms with Gasteiger partial charge in [-0.1, -0.05) is 25.3 Å². The number of rotatable bonds is 9. The summed E-state index contributed by atoms with van der Waals surface area (Å²) in [6.45, 7) is 10.7. The van der Waals surface area contributed by atoms with Crippen molar-refractivity contribution < 1.29 is 23.8 Å². The van der Waals surface area contributed by atoms with Crippen LogP contribution in [0.3, 0.4) is 0 Å². The highest BCUT2D eigenvalue weighted by Gasteiger charge is 2.09. The molecule has 0 heterocycles. The highest BCUT2D eigenvalue weighted by molar-refractivity contribution is 7.98. The van der Waals surface area contributed by atoms with Crippen LogP contribution in [0.4, 0.5) is 0 Å². The predicted octanol–water partition coefficient (Wildman–Crippen LogP) is 5.06. The molecule has 5 nitrogen and oxygen atoms in total. The zero-order valence-electron chi connectivity index (χ0n) is 16.8. The molecule has 0 saturated carbocycles. The smallest absolute Gasteiger partial charge is 0.338 e. The molecule has 6 heteroatoms. The molecule has 0 N–H and O–H groups in total. The molecule has 0 bridgehead atoms. The Morgan fingerprint density at radius 2 is 1.52 bits per heavy atom. The molecule has 0 amide bonds. The summed E-state index contributed by atoms with van der Waals surface area (Å²) in [5, 5.41) is 0. The molecular formula is C23H24O5S. The Kier molecular flexibility index (Phi) is 8.09. The number of ether oxygens (including phenoxy) is 3. The van der Waals surface area contributed by atoms with E-state index in [-0.39, 0.29) is 13.2 Å². The lowest BCUT2D eigenvalue weighted by Gasteiger charge is -2.12. The first-order valence-electron chi connectivity index (χ1n) is 8.93. The molecule has 2 rings (SSSR count). The fraction of sp³-hybridized carbons (Fsp3) is 0.217. The van der Waals surface area contributed by atoms with E-state index in [0.717, 1.165) is 16.0 Å². The van der Waals surface area contributed by atoms with Crippen molar-refractivity contribution in [3.05, 3.63) is 66.8 Å². The first kappa shape index (κ1) is 22.3. The van der Waals surface area contributed by atoms with Crippen molar-refractivity contribution in [2.24, 2.45) is 0 Å². The second-order valence-corrected chi connectivity index (χ2v) is 7.17. The van der Waals surface area contributed by atoms with Crippen LogP contribution in [-0.4, -0.2) is 31.4 Å². The van der Waals surface area contributed by atoms with E-state index in [2.05, 4.69) is 13.2 Å². The summed E-state index contributed by atoms with van der Waals surface area (Å²) < 4.78 is 15.9. The molecular weight excluding hydrogens is 388 g/mol. The van der Waals surface area contributed by atoms with E-state index >= 15 is 0 Å². The summed E-state index contributed by atoms with van der Waals surface area (Å²) in [5.74, 6) is 0.289. The zero-order chi connectivity index (χ0) is 21.4. The van der Waals surface area contributed by atoms with Crippen molar-refractivity contribution in [2.45, 2.75) is 18.7 Å². The summed E-state index contributed by atoms with van der Waals surface area (Å²) in [6.07, 6.45) is 1.99. The number of benzene rings is 2. The molecule has 0 unspecified atom stereocenters. The lowest BCUT2D eigenvalue weighted by molar-refractivity contribution is -0.139. The largest absolute Gasteiger partial charge is 0.490 e. The quantitative estimate of drug-likeness (QED) is 0.189. The van der Waals surface area contributed by atoms with E-state index in [4.69, 9.17) is 14.2 Å². The Bertz CT molecular complexity index is 915. The van der Waals surface area contributed by atoms with Gasteiger partial charge in [-0.05, 0) is 61.6 Å². The van der Waals surface area contributed by atoms with Crippen molar-refractivity contribution in [3.8, 4) is 22.6 Å². The minimum absolute atomic E-state index is 0.159. The summed E-state index contributed by atoms with van der Waals surface area (Å²) in [5.41, 5.74) is 2.74. The molecule has 29 heavy (non-hydrogen) atoms. The van der Waals surface area contributed by atoms with Crippen molar-refractivity contribution in [2.75, 3.05) is 19.5 Å². The van der Waals surface area contributed by atoms with Gasteiger partial charge in [-0.3, -0.25) is 0 Å². The molecule has 0 fully saturated rings. The number of esters is 2. The number of carbonyl (C=O) groups excluding carboxylic acids is 2. The normalized spacial score (nSPS) is 10.2. The van der Waals surface area contributed by atoms with Crippen LogP contribution in [0.1, 0.15) is 13.8 Å². The van der Waals surface area contributed by atoms with Crippen molar-refractivity contribution >= 4 is 23.7 Å². The Hall–Kier alpha value is -2.99. The summed E-state index contributed by atoms with van der Waals surface area (Å²) >= 11 is 1.60. The first-order chi connectivity index (χ1) is 13.8. The van der Waals surface area contributed by atoms with Crippen molar-refractivity contribution in [3.63, 3.8) is 0 Å². The van der Waals surface area contributed by atoms with Gasteiger partial charge in [0.15, 0.2) is 0 Å². The lowest BCUT2D eigenvalue weighted by atomic mass is 10.1. The van der Waals surface area contributed by atoms with Crippen LogP contribution >= 0.6 is 11.8 Å². The van der Waals surface area contributed by atoms with Crippen LogP contribution < -0.4 is 9.47 Å². The maximum absolute atomic E-state index is 11.6. The Morgan fingerprint density at radius 1 is 0.897 bits per heavy atom. The topological polar surface area (TPSA) is 61.8 Å². The van der Waals surface area contributed by atoms with Gasteiger partial charge in [0.05, 0.1) is 0 Å². The van der Waals surface area contributed by atoms with Gasteiger partial charge in [-0.2, -0.15) is 0 Å². The van der Waals surface area contributed by atoms with E-state index in [1.54, 1.807) is 37.7 Å². The molecule has 2 aromatic rings. The van der Waals surface area contributed by atoms with Crippen LogP contribution in [0.5, 0.6) is 11.5 Å². The fourth-order valence-electron chi connectivity index (χ4n) is 2.31. The Balaban J connectivity index is 2.04. The molecule has 0 aromatic heterocycles. The first-order valence-corrected chi connectivity index (χ1v) is 10.2. The van der Waals surface area contributed by atoms with Gasteiger partial charge >= 0.3 is 11.9 Å². The van der Waals surface area contributed by atoms with Gasteiger partial charge in [0.1, 0.15) is 24.7 Å². The van der Waals surface area contributed by atoms with E-state index in [9.17, 15) is 9.59 Å². The second kappa shape index (κ2) is 10.5. The third-order valence-corrected chi connectivity index (χ3v) is 4.61. The molecule has 0 aliphatic carbocycles. The third-order valence-electron chi connectivity index (χ3n) is 3.83. The Morgan fingerprint density at radius 3 is 2.10 bits per heavy atom. The van der Waals surface area contributed by atoms with Gasteiger partial charge < -0.3 is 14.2 Å². The monoisotopic (exact) mass is 412 g/mol. The molecule has 0 radical (unpaired) electrons. The van der Waals surface area contributed by atoms with Crippen molar-refractivity contribution in [1.29, 1.82) is 0 Å². The predicted molar refractivity (Wildman–Crippen MR) is 115 cm³/mol. The van der Waals surface area contributed by atoms with Gasteiger partial charge in [0, 0.05) is 16.0 Å². The Labute approximate surface area is 175 Å². The van der Waals surface area contributed by atoms with Crippen LogP contribution in [-0.2, 0) is 14.3 Å². The summed E-state index contributed by atoms with van der Waals surface area (Å²) in [4.78, 5) is 24.0. The number of carbonyl (C=O) groups is 2. The second-order valence-electron chi connectivity index (χ2n) is 6.32. The minimum atomic E-state index is -0.446. The van der Waals surface area contributed by atoms with Crippen molar-refractivity contribution in [1.82, 2.24) is 0 Å². The number of thioether (sulfide) groups is 1. The van der Waals surface area contributed by atoms with E-state index < -0.39 is 11.9 Å². The van der Waals surface area contributed by atoms with E-state index in [0.29, 0.717) is 22.6 Å². The van der Waals surface area contributed by atoms with Crippen LogP contribution in [0.25, 0.3) is 11.1 Å². The van der Waals surface area contributed by atoms with Crippen LogP contribution in [0, 0.1) is 0 Å². The maximum atomic E-state index is 11.6. The van der Waals surface area contributed by atoms with Crippen LogP contribution in [0.2, 0.25) is 0 Å². The average Bonchev–Trinajstić information content (AvgIpc) is 2.71. The molecule has 0 aliphatic rings. The van der Waals surface area contributed by atoms with Gasteiger partial charge in [0.25, 0.3) is 0 Å². The minimum Gasteiger partial charge on any atom is -0.490 e. The molecule has 2 aromatic carbocycles. The number of hydrogen-bond acceptors (Lipinski definition) is 6.